The Kier molecular flexibility index (Phi) is 5.01. The van der Waals surface area contributed by atoms with E-state index in [0.29, 0.717) is 6.54 Å². The Hall–Kier alpha value is -1.02. The van der Waals surface area contributed by atoms with Crippen molar-refractivity contribution in [3.63, 3.8) is 0 Å². The molecule has 0 aromatic carbocycles. The number of pyridine rings is 1. The lowest BCUT2D eigenvalue weighted by Gasteiger charge is -2.12. The van der Waals surface area contributed by atoms with Crippen molar-refractivity contribution < 1.29 is 8.42 Å². The number of aromatic nitrogens is 1. The minimum Gasteiger partial charge on any atom is -0.313 e. The summed E-state index contributed by atoms with van der Waals surface area (Å²) in [5, 5.41) is 4.53. The van der Waals surface area contributed by atoms with E-state index >= 15 is 0 Å². The van der Waals surface area contributed by atoms with Crippen molar-refractivity contribution >= 4 is 10.0 Å². The van der Waals surface area contributed by atoms with Crippen LogP contribution < -0.4 is 10.1 Å². The van der Waals surface area contributed by atoms with Gasteiger partial charge in [0.1, 0.15) is 0 Å². The SMILES string of the molecule is CCNCc1ccc(S(=O)(=O)NN(C)C)nc1. The summed E-state index contributed by atoms with van der Waals surface area (Å²) in [6.07, 6.45) is 1.56. The summed E-state index contributed by atoms with van der Waals surface area (Å²) in [5.74, 6) is 0. The first-order chi connectivity index (χ1) is 7.95. The van der Waals surface area contributed by atoms with Gasteiger partial charge in [-0.15, -0.1) is 4.83 Å². The van der Waals surface area contributed by atoms with Crippen LogP contribution in [0.5, 0.6) is 0 Å². The first-order valence-corrected chi connectivity index (χ1v) is 6.79. The topological polar surface area (TPSA) is 74.3 Å². The Balaban J connectivity index is 2.80. The fraction of sp³-hybridized carbons (Fsp3) is 0.500. The summed E-state index contributed by atoms with van der Waals surface area (Å²) in [5.41, 5.74) is 0.954. The molecule has 7 heteroatoms. The van der Waals surface area contributed by atoms with E-state index in [-0.39, 0.29) is 5.03 Å². The van der Waals surface area contributed by atoms with Crippen molar-refractivity contribution in [2.45, 2.75) is 18.5 Å². The lowest BCUT2D eigenvalue weighted by Crippen LogP contribution is -2.36. The van der Waals surface area contributed by atoms with Crippen LogP contribution in [-0.4, -0.2) is 39.1 Å². The maximum atomic E-state index is 11.7. The van der Waals surface area contributed by atoms with Gasteiger partial charge >= 0.3 is 0 Å². The molecule has 0 saturated heterocycles. The highest BCUT2D eigenvalue weighted by Crippen LogP contribution is 2.06. The summed E-state index contributed by atoms with van der Waals surface area (Å²) in [6.45, 7) is 3.56. The molecule has 17 heavy (non-hydrogen) atoms. The molecule has 96 valence electrons. The Labute approximate surface area is 102 Å². The van der Waals surface area contributed by atoms with Gasteiger partial charge in [0.2, 0.25) is 0 Å². The van der Waals surface area contributed by atoms with E-state index in [2.05, 4.69) is 15.1 Å². The summed E-state index contributed by atoms with van der Waals surface area (Å²) in [6, 6.07) is 3.25. The first-order valence-electron chi connectivity index (χ1n) is 5.31. The third-order valence-electron chi connectivity index (χ3n) is 1.95. The third kappa shape index (κ3) is 4.39. The molecule has 1 aromatic rings. The van der Waals surface area contributed by atoms with E-state index in [1.54, 1.807) is 26.4 Å². The van der Waals surface area contributed by atoms with E-state index in [1.807, 2.05) is 6.92 Å². The minimum atomic E-state index is -3.55. The van der Waals surface area contributed by atoms with Crippen LogP contribution in [-0.2, 0) is 16.6 Å². The highest BCUT2D eigenvalue weighted by Gasteiger charge is 2.15. The molecule has 0 amide bonds. The van der Waals surface area contributed by atoms with Crippen LogP contribution in [0, 0.1) is 0 Å². The lowest BCUT2D eigenvalue weighted by molar-refractivity contribution is 0.363. The average Bonchev–Trinajstić information content (AvgIpc) is 2.25. The number of hydrazine groups is 1. The minimum absolute atomic E-state index is 0.0199. The quantitative estimate of drug-likeness (QED) is 0.700. The zero-order valence-electron chi connectivity index (χ0n) is 10.3. The number of rotatable bonds is 6. The van der Waals surface area contributed by atoms with Gasteiger partial charge in [0, 0.05) is 26.8 Å². The fourth-order valence-corrected chi connectivity index (χ4v) is 2.24. The van der Waals surface area contributed by atoms with Gasteiger partial charge in [-0.2, -0.15) is 0 Å². The summed E-state index contributed by atoms with van der Waals surface area (Å²) < 4.78 is 23.5. The second-order valence-corrected chi connectivity index (χ2v) is 5.38. The molecule has 0 aliphatic heterocycles. The molecule has 0 atom stereocenters. The predicted octanol–water partition coefficient (Wildman–Crippen LogP) is -0.0540. The molecule has 1 heterocycles. The highest BCUT2D eigenvalue weighted by molar-refractivity contribution is 7.89. The van der Waals surface area contributed by atoms with E-state index in [1.165, 1.54) is 11.1 Å². The average molecular weight is 258 g/mol. The number of nitrogens with zero attached hydrogens (tertiary/aromatic N) is 2. The molecule has 0 bridgehead atoms. The maximum absolute atomic E-state index is 11.7. The van der Waals surface area contributed by atoms with Crippen molar-refractivity contribution in [1.82, 2.24) is 20.1 Å². The number of nitrogens with one attached hydrogen (secondary N) is 2. The molecule has 2 N–H and O–H groups in total. The van der Waals surface area contributed by atoms with Crippen molar-refractivity contribution in [1.29, 1.82) is 0 Å². The van der Waals surface area contributed by atoms with Crippen LogP contribution in [0.25, 0.3) is 0 Å². The van der Waals surface area contributed by atoms with Gasteiger partial charge in [0.05, 0.1) is 0 Å². The Morgan fingerprint density at radius 2 is 2.06 bits per heavy atom. The second-order valence-electron chi connectivity index (χ2n) is 3.77. The van der Waals surface area contributed by atoms with E-state index < -0.39 is 10.0 Å². The first kappa shape index (κ1) is 14.0. The van der Waals surface area contributed by atoms with Crippen LogP contribution in [0.2, 0.25) is 0 Å². The fourth-order valence-electron chi connectivity index (χ4n) is 1.23. The van der Waals surface area contributed by atoms with E-state index in [4.69, 9.17) is 0 Å². The molecular formula is C10H18N4O2S. The molecule has 0 aliphatic carbocycles. The van der Waals surface area contributed by atoms with Crippen molar-refractivity contribution in [3.8, 4) is 0 Å². The normalized spacial score (nSPS) is 12.0. The van der Waals surface area contributed by atoms with Gasteiger partial charge in [-0.25, -0.2) is 18.4 Å². The highest BCUT2D eigenvalue weighted by atomic mass is 32.2. The molecule has 0 saturated carbocycles. The Bertz CT molecular complexity index is 442. The second kappa shape index (κ2) is 6.06. The molecule has 0 unspecified atom stereocenters. The number of hydrogen-bond acceptors (Lipinski definition) is 5. The van der Waals surface area contributed by atoms with Crippen LogP contribution in [0.4, 0.5) is 0 Å². The van der Waals surface area contributed by atoms with Crippen LogP contribution >= 0.6 is 0 Å². The molecular weight excluding hydrogens is 240 g/mol. The van der Waals surface area contributed by atoms with E-state index in [9.17, 15) is 8.42 Å². The zero-order chi connectivity index (χ0) is 12.9. The maximum Gasteiger partial charge on any atom is 0.270 e. The van der Waals surface area contributed by atoms with Gasteiger partial charge < -0.3 is 5.32 Å². The van der Waals surface area contributed by atoms with Crippen LogP contribution in [0.1, 0.15) is 12.5 Å². The molecule has 0 fully saturated rings. The van der Waals surface area contributed by atoms with Gasteiger partial charge in [0.15, 0.2) is 5.03 Å². The van der Waals surface area contributed by atoms with Crippen LogP contribution in [0.15, 0.2) is 23.4 Å². The van der Waals surface area contributed by atoms with Crippen molar-refractivity contribution in [3.05, 3.63) is 23.9 Å². The summed E-state index contributed by atoms with van der Waals surface area (Å²) in [4.78, 5) is 6.26. The van der Waals surface area contributed by atoms with Gasteiger partial charge in [-0.05, 0) is 18.2 Å². The molecule has 0 aliphatic rings. The Morgan fingerprint density at radius 3 is 2.53 bits per heavy atom. The smallest absolute Gasteiger partial charge is 0.270 e. The Morgan fingerprint density at radius 1 is 1.35 bits per heavy atom. The predicted molar refractivity (Wildman–Crippen MR) is 65.6 cm³/mol. The van der Waals surface area contributed by atoms with E-state index in [0.717, 1.165) is 12.1 Å². The third-order valence-corrected chi connectivity index (χ3v) is 3.35. The standard InChI is InChI=1S/C10H18N4O2S/c1-4-11-7-9-5-6-10(12-8-9)17(15,16)13-14(2)3/h5-6,8,11,13H,4,7H2,1-3H3. The summed E-state index contributed by atoms with van der Waals surface area (Å²) >= 11 is 0. The molecule has 0 radical (unpaired) electrons. The van der Waals surface area contributed by atoms with Crippen molar-refractivity contribution in [2.75, 3.05) is 20.6 Å². The lowest BCUT2D eigenvalue weighted by atomic mass is 10.3. The number of hydrogen-bond donors (Lipinski definition) is 2. The van der Waals surface area contributed by atoms with Gasteiger partial charge in [-0.1, -0.05) is 13.0 Å². The molecule has 0 spiro atoms. The molecule has 1 rings (SSSR count). The van der Waals surface area contributed by atoms with Gasteiger partial charge in [0.25, 0.3) is 10.0 Å². The number of sulfonamides is 1. The van der Waals surface area contributed by atoms with Crippen LogP contribution in [0.3, 0.4) is 0 Å². The largest absolute Gasteiger partial charge is 0.313 e. The molecule has 6 nitrogen and oxygen atoms in total. The monoisotopic (exact) mass is 258 g/mol. The van der Waals surface area contributed by atoms with Crippen molar-refractivity contribution in [2.24, 2.45) is 0 Å². The van der Waals surface area contributed by atoms with Gasteiger partial charge in [-0.3, -0.25) is 0 Å². The summed E-state index contributed by atoms with van der Waals surface area (Å²) in [7, 11) is -0.336. The molecule has 1 aromatic heterocycles. The zero-order valence-corrected chi connectivity index (χ0v) is 11.1.